The van der Waals surface area contributed by atoms with Crippen LogP contribution in [0.4, 0.5) is 5.82 Å². The lowest BCUT2D eigenvalue weighted by atomic mass is 10.2. The molecule has 0 aromatic carbocycles. The summed E-state index contributed by atoms with van der Waals surface area (Å²) in [5.41, 5.74) is 2.99. The molecule has 2 aromatic rings. The Morgan fingerprint density at radius 3 is 2.86 bits per heavy atom. The van der Waals surface area contributed by atoms with Crippen molar-refractivity contribution in [2.24, 2.45) is 0 Å². The summed E-state index contributed by atoms with van der Waals surface area (Å²) in [6.45, 7) is 5.84. The van der Waals surface area contributed by atoms with E-state index in [-0.39, 0.29) is 6.61 Å². The van der Waals surface area contributed by atoms with Gasteiger partial charge in [-0.1, -0.05) is 0 Å². The summed E-state index contributed by atoms with van der Waals surface area (Å²) < 4.78 is 7.18. The van der Waals surface area contributed by atoms with Crippen molar-refractivity contribution in [2.75, 3.05) is 37.8 Å². The minimum atomic E-state index is 0.0663. The van der Waals surface area contributed by atoms with Crippen molar-refractivity contribution in [3.05, 3.63) is 30.0 Å². The fourth-order valence-corrected chi connectivity index (χ4v) is 2.56. The van der Waals surface area contributed by atoms with E-state index in [9.17, 15) is 0 Å². The first kappa shape index (κ1) is 14.0. The minimum Gasteiger partial charge on any atom is -0.394 e. The van der Waals surface area contributed by atoms with E-state index in [1.54, 1.807) is 10.9 Å². The number of anilines is 1. The van der Waals surface area contributed by atoms with Crippen molar-refractivity contribution in [2.45, 2.75) is 13.5 Å². The number of hydrogen-bond acceptors (Lipinski definition) is 5. The molecule has 1 N–H and O–H groups in total. The van der Waals surface area contributed by atoms with Gasteiger partial charge in [0.1, 0.15) is 5.82 Å². The summed E-state index contributed by atoms with van der Waals surface area (Å²) in [7, 11) is 0. The van der Waals surface area contributed by atoms with Gasteiger partial charge < -0.3 is 14.7 Å². The molecule has 0 spiro atoms. The van der Waals surface area contributed by atoms with Gasteiger partial charge in [0.05, 0.1) is 37.8 Å². The van der Waals surface area contributed by atoms with Crippen LogP contribution in [0.1, 0.15) is 5.56 Å². The van der Waals surface area contributed by atoms with Crippen LogP contribution in [0.15, 0.2) is 24.4 Å². The Kier molecular flexibility index (Phi) is 4.17. The highest BCUT2D eigenvalue weighted by atomic mass is 16.5. The first-order chi connectivity index (χ1) is 10.3. The average molecular weight is 288 g/mol. The molecule has 2 aromatic heterocycles. The van der Waals surface area contributed by atoms with E-state index in [0.717, 1.165) is 43.5 Å². The standard InChI is InChI=1S/C15H20N4O2/c1-12-10-13(14-2-3-16-19(14)4-7-20)17-15(11-12)18-5-8-21-9-6-18/h2-3,10-11,20H,4-9H2,1H3. The number of aliphatic hydroxyl groups excluding tert-OH is 1. The molecular weight excluding hydrogens is 268 g/mol. The van der Waals surface area contributed by atoms with Gasteiger partial charge in [-0.05, 0) is 30.7 Å². The highest BCUT2D eigenvalue weighted by Gasteiger charge is 2.15. The van der Waals surface area contributed by atoms with Gasteiger partial charge in [0.2, 0.25) is 0 Å². The number of aliphatic hydroxyl groups is 1. The minimum absolute atomic E-state index is 0.0663. The van der Waals surface area contributed by atoms with E-state index in [1.807, 2.05) is 6.07 Å². The predicted octanol–water partition coefficient (Wildman–Crippen LogP) is 1.08. The molecule has 3 heterocycles. The molecule has 0 bridgehead atoms. The second kappa shape index (κ2) is 6.24. The van der Waals surface area contributed by atoms with Crippen LogP contribution >= 0.6 is 0 Å². The molecular formula is C15H20N4O2. The fraction of sp³-hybridized carbons (Fsp3) is 0.467. The van der Waals surface area contributed by atoms with Gasteiger partial charge in [-0.15, -0.1) is 0 Å². The van der Waals surface area contributed by atoms with E-state index in [4.69, 9.17) is 14.8 Å². The zero-order valence-electron chi connectivity index (χ0n) is 12.2. The van der Waals surface area contributed by atoms with Crippen LogP contribution in [0.25, 0.3) is 11.4 Å². The second-order valence-electron chi connectivity index (χ2n) is 5.15. The molecule has 1 fully saturated rings. The molecule has 112 valence electrons. The molecule has 6 heteroatoms. The van der Waals surface area contributed by atoms with Crippen molar-refractivity contribution in [1.29, 1.82) is 0 Å². The third kappa shape index (κ3) is 3.06. The molecule has 0 radical (unpaired) electrons. The van der Waals surface area contributed by atoms with Crippen LogP contribution in [0, 0.1) is 6.92 Å². The number of hydrogen-bond donors (Lipinski definition) is 1. The van der Waals surface area contributed by atoms with Crippen molar-refractivity contribution in [3.8, 4) is 11.4 Å². The molecule has 1 aliphatic heterocycles. The van der Waals surface area contributed by atoms with Gasteiger partial charge in [-0.3, -0.25) is 4.68 Å². The van der Waals surface area contributed by atoms with Crippen LogP contribution in [0.3, 0.4) is 0 Å². The number of morpholine rings is 1. The summed E-state index contributed by atoms with van der Waals surface area (Å²) in [6, 6.07) is 6.08. The topological polar surface area (TPSA) is 63.4 Å². The number of pyridine rings is 1. The van der Waals surface area contributed by atoms with Gasteiger partial charge in [-0.25, -0.2) is 4.98 Å². The normalized spacial score (nSPS) is 15.4. The Bertz CT molecular complexity index is 605. The van der Waals surface area contributed by atoms with Gasteiger partial charge in [-0.2, -0.15) is 5.10 Å². The lowest BCUT2D eigenvalue weighted by molar-refractivity contribution is 0.122. The maximum absolute atomic E-state index is 9.12. The van der Waals surface area contributed by atoms with Gasteiger partial charge in [0, 0.05) is 19.3 Å². The Balaban J connectivity index is 1.95. The van der Waals surface area contributed by atoms with Crippen molar-refractivity contribution >= 4 is 5.82 Å². The monoisotopic (exact) mass is 288 g/mol. The van der Waals surface area contributed by atoms with E-state index in [0.29, 0.717) is 6.54 Å². The van der Waals surface area contributed by atoms with Gasteiger partial charge in [0.15, 0.2) is 0 Å². The van der Waals surface area contributed by atoms with Gasteiger partial charge in [0.25, 0.3) is 0 Å². The number of aryl methyl sites for hydroxylation is 1. The van der Waals surface area contributed by atoms with Crippen LogP contribution in [0.2, 0.25) is 0 Å². The van der Waals surface area contributed by atoms with Crippen LogP contribution in [-0.2, 0) is 11.3 Å². The summed E-state index contributed by atoms with van der Waals surface area (Å²) in [4.78, 5) is 7.01. The SMILES string of the molecule is Cc1cc(-c2ccnn2CCO)nc(N2CCOCC2)c1. The van der Waals surface area contributed by atoms with Crippen LogP contribution < -0.4 is 4.90 Å². The smallest absolute Gasteiger partial charge is 0.129 e. The lowest BCUT2D eigenvalue weighted by Gasteiger charge is -2.28. The van der Waals surface area contributed by atoms with Gasteiger partial charge >= 0.3 is 0 Å². The highest BCUT2D eigenvalue weighted by Crippen LogP contribution is 2.23. The van der Waals surface area contributed by atoms with Crippen molar-refractivity contribution in [1.82, 2.24) is 14.8 Å². The molecule has 1 aliphatic rings. The zero-order chi connectivity index (χ0) is 14.7. The lowest BCUT2D eigenvalue weighted by Crippen LogP contribution is -2.36. The Labute approximate surface area is 124 Å². The fourth-order valence-electron chi connectivity index (χ4n) is 2.56. The maximum Gasteiger partial charge on any atom is 0.129 e. The van der Waals surface area contributed by atoms with E-state index >= 15 is 0 Å². The largest absolute Gasteiger partial charge is 0.394 e. The number of nitrogens with zero attached hydrogens (tertiary/aromatic N) is 4. The molecule has 6 nitrogen and oxygen atoms in total. The highest BCUT2D eigenvalue weighted by molar-refractivity contribution is 5.59. The molecule has 3 rings (SSSR count). The predicted molar refractivity (Wildman–Crippen MR) is 80.3 cm³/mol. The van der Waals surface area contributed by atoms with Crippen LogP contribution in [-0.4, -0.2) is 52.8 Å². The van der Waals surface area contributed by atoms with E-state index < -0.39 is 0 Å². The quantitative estimate of drug-likeness (QED) is 0.912. The third-order valence-corrected chi connectivity index (χ3v) is 3.58. The Morgan fingerprint density at radius 2 is 2.10 bits per heavy atom. The first-order valence-corrected chi connectivity index (χ1v) is 7.22. The summed E-state index contributed by atoms with van der Waals surface area (Å²) in [6.07, 6.45) is 1.74. The van der Waals surface area contributed by atoms with E-state index in [1.165, 1.54) is 5.56 Å². The maximum atomic E-state index is 9.12. The molecule has 1 saturated heterocycles. The molecule has 0 unspecified atom stereocenters. The third-order valence-electron chi connectivity index (χ3n) is 3.58. The van der Waals surface area contributed by atoms with Crippen LogP contribution in [0.5, 0.6) is 0 Å². The first-order valence-electron chi connectivity index (χ1n) is 7.22. The van der Waals surface area contributed by atoms with Crippen molar-refractivity contribution < 1.29 is 9.84 Å². The molecule has 0 amide bonds. The molecule has 0 saturated carbocycles. The number of rotatable bonds is 4. The van der Waals surface area contributed by atoms with Crippen molar-refractivity contribution in [3.63, 3.8) is 0 Å². The molecule has 0 atom stereocenters. The number of ether oxygens (including phenoxy) is 1. The second-order valence-corrected chi connectivity index (χ2v) is 5.15. The molecule has 21 heavy (non-hydrogen) atoms. The van der Waals surface area contributed by atoms with E-state index in [2.05, 4.69) is 29.1 Å². The summed E-state index contributed by atoms with van der Waals surface area (Å²) >= 11 is 0. The Morgan fingerprint density at radius 1 is 1.29 bits per heavy atom. The molecule has 0 aliphatic carbocycles. The Hall–Kier alpha value is -1.92. The average Bonchev–Trinajstić information content (AvgIpc) is 2.96. The zero-order valence-corrected chi connectivity index (χ0v) is 12.2. The summed E-state index contributed by atoms with van der Waals surface area (Å²) in [5, 5.41) is 13.4. The summed E-state index contributed by atoms with van der Waals surface area (Å²) in [5.74, 6) is 0.977. The number of aromatic nitrogens is 3.